The summed E-state index contributed by atoms with van der Waals surface area (Å²) in [5.41, 5.74) is 4.91. The molecule has 0 unspecified atom stereocenters. The zero-order valence-corrected chi connectivity index (χ0v) is 17.5. The van der Waals surface area contributed by atoms with Gasteiger partial charge in [0, 0.05) is 29.1 Å². The highest BCUT2D eigenvalue weighted by Crippen LogP contribution is 2.26. The van der Waals surface area contributed by atoms with E-state index >= 15 is 0 Å². The summed E-state index contributed by atoms with van der Waals surface area (Å²) >= 11 is 1.66. The van der Waals surface area contributed by atoms with Crippen molar-refractivity contribution >= 4 is 41.2 Å². The molecule has 3 aromatic carbocycles. The van der Waals surface area contributed by atoms with Crippen LogP contribution in [0.25, 0.3) is 0 Å². The summed E-state index contributed by atoms with van der Waals surface area (Å²) < 4.78 is 0. The van der Waals surface area contributed by atoms with Gasteiger partial charge in [-0.1, -0.05) is 48.5 Å². The standard InChI is InChI=1S/C24H23N3O2S/c1-30-22-14-12-19(13-15-22)18-25-26-23(28)16-17-24(29)27(20-8-4-2-5-9-20)21-10-6-3-7-11-21/h2-15,18H,16-17H2,1H3,(H,26,28)/b25-18+. The summed E-state index contributed by atoms with van der Waals surface area (Å²) in [6.45, 7) is 0. The van der Waals surface area contributed by atoms with E-state index in [1.807, 2.05) is 91.2 Å². The average Bonchev–Trinajstić information content (AvgIpc) is 2.80. The van der Waals surface area contributed by atoms with Crippen molar-refractivity contribution < 1.29 is 9.59 Å². The van der Waals surface area contributed by atoms with E-state index in [0.717, 1.165) is 21.8 Å². The van der Waals surface area contributed by atoms with Gasteiger partial charge in [0.05, 0.1) is 6.21 Å². The molecule has 0 saturated carbocycles. The molecule has 0 aliphatic carbocycles. The number of hydrogen-bond acceptors (Lipinski definition) is 4. The lowest BCUT2D eigenvalue weighted by molar-refractivity contribution is -0.124. The van der Waals surface area contributed by atoms with Crippen LogP contribution in [0.4, 0.5) is 11.4 Å². The van der Waals surface area contributed by atoms with Crippen LogP contribution in [-0.2, 0) is 9.59 Å². The second-order valence-corrected chi connectivity index (χ2v) is 7.35. The predicted molar refractivity (Wildman–Crippen MR) is 123 cm³/mol. The van der Waals surface area contributed by atoms with Crippen LogP contribution in [0.1, 0.15) is 18.4 Å². The number of benzene rings is 3. The fraction of sp³-hybridized carbons (Fsp3) is 0.125. The molecular weight excluding hydrogens is 394 g/mol. The summed E-state index contributed by atoms with van der Waals surface area (Å²) in [4.78, 5) is 27.8. The number of anilines is 2. The minimum atomic E-state index is -0.304. The monoisotopic (exact) mass is 417 g/mol. The number of nitrogens with zero attached hydrogens (tertiary/aromatic N) is 2. The van der Waals surface area contributed by atoms with Gasteiger partial charge >= 0.3 is 0 Å². The lowest BCUT2D eigenvalue weighted by atomic mass is 10.2. The first-order valence-corrected chi connectivity index (χ1v) is 10.8. The number of hydrazone groups is 1. The minimum Gasteiger partial charge on any atom is -0.281 e. The van der Waals surface area contributed by atoms with Crippen molar-refractivity contribution in [3.63, 3.8) is 0 Å². The molecule has 0 fully saturated rings. The summed E-state index contributed by atoms with van der Waals surface area (Å²) in [6.07, 6.45) is 3.73. The zero-order chi connectivity index (χ0) is 21.2. The Labute approximate surface area is 180 Å². The van der Waals surface area contributed by atoms with E-state index in [1.165, 1.54) is 0 Å². The van der Waals surface area contributed by atoms with E-state index in [-0.39, 0.29) is 24.7 Å². The van der Waals surface area contributed by atoms with Gasteiger partial charge in [-0.3, -0.25) is 14.5 Å². The minimum absolute atomic E-state index is 0.0533. The van der Waals surface area contributed by atoms with Gasteiger partial charge in [-0.05, 0) is 48.2 Å². The molecule has 2 amide bonds. The lowest BCUT2D eigenvalue weighted by Gasteiger charge is -2.23. The van der Waals surface area contributed by atoms with Crippen molar-refractivity contribution in [1.82, 2.24) is 5.43 Å². The molecule has 0 bridgehead atoms. The maximum absolute atomic E-state index is 12.9. The molecule has 3 aromatic rings. The molecule has 30 heavy (non-hydrogen) atoms. The molecule has 6 heteroatoms. The quantitative estimate of drug-likeness (QED) is 0.319. The van der Waals surface area contributed by atoms with E-state index in [4.69, 9.17) is 0 Å². The fourth-order valence-corrected chi connectivity index (χ4v) is 3.26. The molecule has 0 aliphatic rings. The van der Waals surface area contributed by atoms with Gasteiger partial charge in [-0.25, -0.2) is 5.43 Å². The molecular formula is C24H23N3O2S. The van der Waals surface area contributed by atoms with E-state index in [9.17, 15) is 9.59 Å². The van der Waals surface area contributed by atoms with Gasteiger partial charge in [-0.15, -0.1) is 11.8 Å². The van der Waals surface area contributed by atoms with Crippen LogP contribution in [0.5, 0.6) is 0 Å². The average molecular weight is 418 g/mol. The van der Waals surface area contributed by atoms with E-state index in [2.05, 4.69) is 10.5 Å². The summed E-state index contributed by atoms with van der Waals surface area (Å²) in [5, 5.41) is 3.98. The highest BCUT2D eigenvalue weighted by molar-refractivity contribution is 7.98. The number of rotatable bonds is 8. The van der Waals surface area contributed by atoms with Crippen molar-refractivity contribution in [3.8, 4) is 0 Å². The molecule has 0 aliphatic heterocycles. The topological polar surface area (TPSA) is 61.8 Å². The molecule has 0 aromatic heterocycles. The Kier molecular flexibility index (Phi) is 7.80. The third kappa shape index (κ3) is 6.06. The Hall–Kier alpha value is -3.38. The van der Waals surface area contributed by atoms with Gasteiger partial charge in [0.25, 0.3) is 0 Å². The Morgan fingerprint density at radius 3 is 1.97 bits per heavy atom. The van der Waals surface area contributed by atoms with E-state index in [1.54, 1.807) is 22.9 Å². The Morgan fingerprint density at radius 1 is 0.867 bits per heavy atom. The van der Waals surface area contributed by atoms with Crippen LogP contribution in [0.15, 0.2) is 94.9 Å². The normalized spacial score (nSPS) is 10.7. The van der Waals surface area contributed by atoms with Gasteiger partial charge in [0.15, 0.2) is 0 Å². The van der Waals surface area contributed by atoms with Crippen LogP contribution >= 0.6 is 11.8 Å². The van der Waals surface area contributed by atoms with Crippen LogP contribution in [0.3, 0.4) is 0 Å². The van der Waals surface area contributed by atoms with Gasteiger partial charge < -0.3 is 0 Å². The van der Waals surface area contributed by atoms with Gasteiger partial charge in [0.2, 0.25) is 11.8 Å². The molecule has 5 nitrogen and oxygen atoms in total. The Bertz CT molecular complexity index is 950. The Morgan fingerprint density at radius 2 is 1.43 bits per heavy atom. The molecule has 0 radical (unpaired) electrons. The molecule has 152 valence electrons. The fourth-order valence-electron chi connectivity index (χ4n) is 2.85. The van der Waals surface area contributed by atoms with Crippen molar-refractivity contribution in [2.24, 2.45) is 5.10 Å². The summed E-state index contributed by atoms with van der Waals surface area (Å²) in [7, 11) is 0. The van der Waals surface area contributed by atoms with Crippen LogP contribution < -0.4 is 10.3 Å². The third-order valence-corrected chi connectivity index (χ3v) is 5.11. The lowest BCUT2D eigenvalue weighted by Crippen LogP contribution is -2.27. The maximum Gasteiger partial charge on any atom is 0.240 e. The first-order valence-electron chi connectivity index (χ1n) is 9.56. The summed E-state index contributed by atoms with van der Waals surface area (Å²) in [6, 6.07) is 26.7. The van der Waals surface area contributed by atoms with Crippen molar-refractivity contribution in [2.75, 3.05) is 11.2 Å². The number of carbonyl (C=O) groups excluding carboxylic acids is 2. The van der Waals surface area contributed by atoms with Crippen molar-refractivity contribution in [3.05, 3.63) is 90.5 Å². The van der Waals surface area contributed by atoms with Crippen LogP contribution in [-0.4, -0.2) is 24.3 Å². The number of amides is 2. The molecule has 0 saturated heterocycles. The smallest absolute Gasteiger partial charge is 0.240 e. The Balaban J connectivity index is 1.58. The highest BCUT2D eigenvalue weighted by atomic mass is 32.2. The zero-order valence-electron chi connectivity index (χ0n) is 16.7. The first kappa shape index (κ1) is 21.3. The van der Waals surface area contributed by atoms with Gasteiger partial charge in [0.1, 0.15) is 0 Å². The highest BCUT2D eigenvalue weighted by Gasteiger charge is 2.18. The van der Waals surface area contributed by atoms with E-state index < -0.39 is 0 Å². The third-order valence-electron chi connectivity index (χ3n) is 4.36. The predicted octanol–water partition coefficient (Wildman–Crippen LogP) is 5.00. The number of para-hydroxylation sites is 2. The summed E-state index contributed by atoms with van der Waals surface area (Å²) in [5.74, 6) is -0.458. The number of thioether (sulfide) groups is 1. The van der Waals surface area contributed by atoms with Crippen molar-refractivity contribution in [2.45, 2.75) is 17.7 Å². The van der Waals surface area contributed by atoms with Gasteiger partial charge in [-0.2, -0.15) is 5.10 Å². The second-order valence-electron chi connectivity index (χ2n) is 6.47. The molecule has 0 spiro atoms. The largest absolute Gasteiger partial charge is 0.281 e. The molecule has 1 N–H and O–H groups in total. The molecule has 0 heterocycles. The second kappa shape index (κ2) is 11.0. The van der Waals surface area contributed by atoms with E-state index in [0.29, 0.717) is 0 Å². The van der Waals surface area contributed by atoms with Crippen LogP contribution in [0, 0.1) is 0 Å². The number of hydrogen-bond donors (Lipinski definition) is 1. The number of carbonyl (C=O) groups is 2. The SMILES string of the molecule is CSc1ccc(/C=N/NC(=O)CCC(=O)N(c2ccccc2)c2ccccc2)cc1. The number of nitrogens with one attached hydrogen (secondary N) is 1. The van der Waals surface area contributed by atoms with Crippen LogP contribution in [0.2, 0.25) is 0 Å². The maximum atomic E-state index is 12.9. The first-order chi connectivity index (χ1) is 14.7. The molecule has 0 atom stereocenters. The van der Waals surface area contributed by atoms with Crippen molar-refractivity contribution in [1.29, 1.82) is 0 Å². The molecule has 3 rings (SSSR count).